The number of nitrogens with zero attached hydrogens (tertiary/aromatic N) is 2. The summed E-state index contributed by atoms with van der Waals surface area (Å²) in [7, 11) is 1.76. The minimum absolute atomic E-state index is 0. The second-order valence-electron chi connectivity index (χ2n) is 8.04. The predicted molar refractivity (Wildman–Crippen MR) is 146 cm³/mol. The van der Waals surface area contributed by atoms with Gasteiger partial charge in [0.2, 0.25) is 0 Å². The molecule has 1 aromatic heterocycles. The lowest BCUT2D eigenvalue weighted by Crippen LogP contribution is -2.36. The summed E-state index contributed by atoms with van der Waals surface area (Å²) in [6.45, 7) is 7.95. The molecule has 0 aliphatic carbocycles. The molecule has 0 atom stereocenters. The molecule has 0 aliphatic rings. The van der Waals surface area contributed by atoms with Crippen LogP contribution in [-0.4, -0.2) is 23.7 Å². The van der Waals surface area contributed by atoms with Crippen LogP contribution in [0.1, 0.15) is 36.1 Å². The molecule has 1 heterocycles. The molecule has 0 unspecified atom stereocenters. The predicted octanol–water partition coefficient (Wildman–Crippen LogP) is 4.48. The maximum atomic E-state index is 11.9. The molecule has 3 aromatic rings. The Morgan fingerprint density at radius 2 is 1.70 bits per heavy atom. The zero-order valence-electron chi connectivity index (χ0n) is 19.7. The molecule has 7 heteroatoms. The van der Waals surface area contributed by atoms with E-state index in [0.29, 0.717) is 19.6 Å². The molecule has 0 saturated heterocycles. The first-order chi connectivity index (χ1) is 15.4. The van der Waals surface area contributed by atoms with Gasteiger partial charge in [-0.1, -0.05) is 42.5 Å². The van der Waals surface area contributed by atoms with E-state index in [2.05, 4.69) is 65.0 Å². The van der Waals surface area contributed by atoms with Gasteiger partial charge in [-0.3, -0.25) is 9.79 Å². The Morgan fingerprint density at radius 3 is 2.36 bits per heavy atom. The average molecular weight is 560 g/mol. The van der Waals surface area contributed by atoms with Gasteiger partial charge in [0.1, 0.15) is 5.75 Å². The van der Waals surface area contributed by atoms with E-state index in [9.17, 15) is 4.79 Å². The number of aliphatic imine (C=N–C) groups is 1. The summed E-state index contributed by atoms with van der Waals surface area (Å²) in [6.07, 6.45) is 1.93. The summed E-state index contributed by atoms with van der Waals surface area (Å²) in [5, 5.41) is 6.71. The fourth-order valence-corrected chi connectivity index (χ4v) is 3.31. The van der Waals surface area contributed by atoms with Crippen LogP contribution in [0.3, 0.4) is 0 Å². The highest BCUT2D eigenvalue weighted by Crippen LogP contribution is 2.21. The Kier molecular flexibility index (Phi) is 10.4. The first-order valence-corrected chi connectivity index (χ1v) is 10.9. The number of aryl methyl sites for hydroxylation is 1. The van der Waals surface area contributed by atoms with Gasteiger partial charge in [-0.2, -0.15) is 0 Å². The SMILES string of the molecule is CN=C(NCc1ccc(Cn2ccccc2=O)cc1)NCc1ccc(C)cc1OC(C)C.I. The summed E-state index contributed by atoms with van der Waals surface area (Å²) in [5.74, 6) is 1.62. The van der Waals surface area contributed by atoms with E-state index in [-0.39, 0.29) is 35.6 Å². The van der Waals surface area contributed by atoms with Crippen molar-refractivity contribution in [2.45, 2.75) is 46.5 Å². The first-order valence-electron chi connectivity index (χ1n) is 10.9. The maximum absolute atomic E-state index is 11.9. The Labute approximate surface area is 213 Å². The number of pyridine rings is 1. The number of benzene rings is 2. The zero-order valence-corrected chi connectivity index (χ0v) is 22.0. The molecule has 2 aromatic carbocycles. The zero-order chi connectivity index (χ0) is 22.9. The summed E-state index contributed by atoms with van der Waals surface area (Å²) in [6, 6.07) is 19.7. The smallest absolute Gasteiger partial charge is 0.250 e. The standard InChI is InChI=1S/C26H32N4O2.HI/c1-19(2)32-24-15-20(3)8-13-23(24)17-29-26(27-4)28-16-21-9-11-22(12-10-21)18-30-14-6-5-7-25(30)31;/h5-15,19H,16-18H2,1-4H3,(H2,27,28,29);1H. The number of halogens is 1. The quantitative estimate of drug-likeness (QED) is 0.242. The third-order valence-electron chi connectivity index (χ3n) is 4.99. The van der Waals surface area contributed by atoms with Crippen LogP contribution in [-0.2, 0) is 19.6 Å². The molecule has 6 nitrogen and oxygen atoms in total. The molecule has 0 aliphatic heterocycles. The van der Waals surface area contributed by atoms with Gasteiger partial charge in [0.25, 0.3) is 5.56 Å². The average Bonchev–Trinajstić information content (AvgIpc) is 2.77. The third-order valence-corrected chi connectivity index (χ3v) is 4.99. The number of hydrogen-bond donors (Lipinski definition) is 2. The lowest BCUT2D eigenvalue weighted by atomic mass is 10.1. The van der Waals surface area contributed by atoms with Crippen LogP contribution in [0.25, 0.3) is 0 Å². The maximum Gasteiger partial charge on any atom is 0.250 e. The van der Waals surface area contributed by atoms with Gasteiger partial charge in [0.15, 0.2) is 5.96 Å². The Balaban J connectivity index is 0.00000385. The number of nitrogens with one attached hydrogen (secondary N) is 2. The second-order valence-corrected chi connectivity index (χ2v) is 8.04. The van der Waals surface area contributed by atoms with Crippen molar-refractivity contribution in [3.05, 3.63) is 99.5 Å². The van der Waals surface area contributed by atoms with E-state index in [4.69, 9.17) is 4.74 Å². The monoisotopic (exact) mass is 560 g/mol. The highest BCUT2D eigenvalue weighted by atomic mass is 127. The summed E-state index contributed by atoms with van der Waals surface area (Å²) in [5.41, 5.74) is 4.49. The minimum atomic E-state index is 0. The van der Waals surface area contributed by atoms with E-state index >= 15 is 0 Å². The largest absolute Gasteiger partial charge is 0.491 e. The van der Waals surface area contributed by atoms with Crippen molar-refractivity contribution >= 4 is 29.9 Å². The fourth-order valence-electron chi connectivity index (χ4n) is 3.31. The molecular weight excluding hydrogens is 527 g/mol. The number of rotatable bonds is 8. The summed E-state index contributed by atoms with van der Waals surface area (Å²) in [4.78, 5) is 16.2. The van der Waals surface area contributed by atoms with Gasteiger partial charge < -0.3 is 19.9 Å². The van der Waals surface area contributed by atoms with Crippen LogP contribution in [0.4, 0.5) is 0 Å². The molecule has 0 saturated carbocycles. The normalized spacial score (nSPS) is 11.1. The lowest BCUT2D eigenvalue weighted by Gasteiger charge is -2.17. The Bertz CT molecular complexity index is 1110. The van der Waals surface area contributed by atoms with Gasteiger partial charge in [0, 0.05) is 38.0 Å². The minimum Gasteiger partial charge on any atom is -0.491 e. The van der Waals surface area contributed by atoms with Crippen LogP contribution in [0.15, 0.2) is 76.6 Å². The molecule has 0 spiro atoms. The topological polar surface area (TPSA) is 67.7 Å². The van der Waals surface area contributed by atoms with Crippen LogP contribution in [0.5, 0.6) is 5.75 Å². The van der Waals surface area contributed by atoms with Crippen molar-refractivity contribution in [1.82, 2.24) is 15.2 Å². The summed E-state index contributed by atoms with van der Waals surface area (Å²) < 4.78 is 7.66. The number of guanidine groups is 1. The van der Waals surface area contributed by atoms with Crippen molar-refractivity contribution in [1.29, 1.82) is 0 Å². The molecule has 0 fully saturated rings. The van der Waals surface area contributed by atoms with Gasteiger partial charge >= 0.3 is 0 Å². The van der Waals surface area contributed by atoms with Gasteiger partial charge in [-0.05, 0) is 49.6 Å². The van der Waals surface area contributed by atoms with Gasteiger partial charge in [-0.25, -0.2) is 0 Å². The van der Waals surface area contributed by atoms with Crippen molar-refractivity contribution in [3.63, 3.8) is 0 Å². The molecular formula is C26H33IN4O2. The first kappa shape index (κ1) is 26.4. The van der Waals surface area contributed by atoms with Crippen molar-refractivity contribution in [3.8, 4) is 5.75 Å². The highest BCUT2D eigenvalue weighted by molar-refractivity contribution is 14.0. The summed E-state index contributed by atoms with van der Waals surface area (Å²) >= 11 is 0. The van der Waals surface area contributed by atoms with E-state index in [0.717, 1.165) is 28.4 Å². The molecule has 2 N–H and O–H groups in total. The van der Waals surface area contributed by atoms with E-state index in [1.807, 2.05) is 19.9 Å². The van der Waals surface area contributed by atoms with E-state index < -0.39 is 0 Å². The van der Waals surface area contributed by atoms with Crippen molar-refractivity contribution in [2.24, 2.45) is 4.99 Å². The Morgan fingerprint density at radius 1 is 1.00 bits per heavy atom. The lowest BCUT2D eigenvalue weighted by molar-refractivity contribution is 0.239. The van der Waals surface area contributed by atoms with E-state index in [1.54, 1.807) is 29.9 Å². The third kappa shape index (κ3) is 8.24. The number of ether oxygens (including phenoxy) is 1. The molecule has 3 rings (SSSR count). The van der Waals surface area contributed by atoms with Crippen molar-refractivity contribution in [2.75, 3.05) is 7.05 Å². The van der Waals surface area contributed by atoms with Gasteiger partial charge in [-0.15, -0.1) is 24.0 Å². The molecule has 176 valence electrons. The molecule has 0 amide bonds. The van der Waals surface area contributed by atoms with Crippen molar-refractivity contribution < 1.29 is 4.74 Å². The van der Waals surface area contributed by atoms with Crippen LogP contribution in [0.2, 0.25) is 0 Å². The number of aromatic nitrogens is 1. The van der Waals surface area contributed by atoms with Crippen LogP contribution in [0, 0.1) is 6.92 Å². The van der Waals surface area contributed by atoms with E-state index in [1.165, 1.54) is 5.56 Å². The molecule has 0 bridgehead atoms. The number of hydrogen-bond acceptors (Lipinski definition) is 3. The molecule has 0 radical (unpaired) electrons. The van der Waals surface area contributed by atoms with Crippen LogP contribution >= 0.6 is 24.0 Å². The van der Waals surface area contributed by atoms with Gasteiger partial charge in [0.05, 0.1) is 12.6 Å². The Hall–Kier alpha value is -2.81. The highest BCUT2D eigenvalue weighted by Gasteiger charge is 2.08. The van der Waals surface area contributed by atoms with Crippen LogP contribution < -0.4 is 20.9 Å². The second kappa shape index (κ2) is 13.0. The fraction of sp³-hybridized carbons (Fsp3) is 0.308. The molecule has 33 heavy (non-hydrogen) atoms.